The Kier molecular flexibility index (Phi) is 5.58. The Balaban J connectivity index is 0.00000112. The highest BCUT2D eigenvalue weighted by Gasteiger charge is 2.23. The lowest BCUT2D eigenvalue weighted by Crippen LogP contribution is -2.49. The van der Waals surface area contributed by atoms with Crippen LogP contribution in [0.1, 0.15) is 32.1 Å². The molecule has 0 radical (unpaired) electrons. The van der Waals surface area contributed by atoms with Gasteiger partial charge in [-0.25, -0.2) is 10.0 Å². The van der Waals surface area contributed by atoms with E-state index in [-0.39, 0.29) is 12.4 Å². The van der Waals surface area contributed by atoms with Gasteiger partial charge in [-0.1, -0.05) is 6.42 Å². The van der Waals surface area contributed by atoms with Crippen molar-refractivity contribution in [2.24, 2.45) is 5.92 Å². The zero-order chi connectivity index (χ0) is 9.80. The second-order valence-corrected chi connectivity index (χ2v) is 4.44. The highest BCUT2D eigenvalue weighted by atomic mass is 35.5. The Morgan fingerprint density at radius 1 is 0.867 bits per heavy atom. The molecule has 0 bridgehead atoms. The van der Waals surface area contributed by atoms with Crippen LogP contribution in [0.4, 0.5) is 0 Å². The third kappa shape index (κ3) is 3.44. The zero-order valence-electron chi connectivity index (χ0n) is 9.23. The summed E-state index contributed by atoms with van der Waals surface area (Å²) in [7, 11) is 0. The Bertz CT molecular complexity index is 187. The van der Waals surface area contributed by atoms with Gasteiger partial charge < -0.3 is 4.79 Å². The van der Waals surface area contributed by atoms with E-state index in [0.29, 0.717) is 5.92 Å². The standard InChI is InChI=1S/C11H20N2O.ClH/c14-10-11-4-8-13(9-5-11)12-6-2-1-3-7-12;/h10-11H,1-9H2;1H. The molecule has 2 heterocycles. The van der Waals surface area contributed by atoms with Crippen LogP contribution in [0.2, 0.25) is 0 Å². The molecule has 2 aliphatic heterocycles. The maximum absolute atomic E-state index is 10.6. The highest BCUT2D eigenvalue weighted by Crippen LogP contribution is 2.19. The molecular formula is C11H21ClN2O. The van der Waals surface area contributed by atoms with Gasteiger partial charge in [-0.3, -0.25) is 0 Å². The minimum Gasteiger partial charge on any atom is -0.303 e. The Morgan fingerprint density at radius 2 is 1.40 bits per heavy atom. The second-order valence-electron chi connectivity index (χ2n) is 4.44. The first-order valence-corrected chi connectivity index (χ1v) is 5.85. The van der Waals surface area contributed by atoms with Crippen molar-refractivity contribution in [3.8, 4) is 0 Å². The number of rotatable bonds is 2. The number of hydrogen-bond acceptors (Lipinski definition) is 3. The van der Waals surface area contributed by atoms with E-state index in [4.69, 9.17) is 0 Å². The first kappa shape index (κ1) is 12.9. The molecule has 3 nitrogen and oxygen atoms in total. The van der Waals surface area contributed by atoms with Gasteiger partial charge in [0.05, 0.1) is 0 Å². The van der Waals surface area contributed by atoms with Crippen LogP contribution in [0.25, 0.3) is 0 Å². The van der Waals surface area contributed by atoms with E-state index < -0.39 is 0 Å². The quantitative estimate of drug-likeness (QED) is 0.678. The summed E-state index contributed by atoms with van der Waals surface area (Å²) in [6.45, 7) is 4.63. The molecule has 88 valence electrons. The van der Waals surface area contributed by atoms with Crippen molar-refractivity contribution in [1.82, 2.24) is 10.0 Å². The molecule has 2 fully saturated rings. The lowest BCUT2D eigenvalue weighted by molar-refractivity contribution is -0.115. The number of carbonyl (C=O) groups excluding carboxylic acids is 1. The Hall–Kier alpha value is -0.120. The smallest absolute Gasteiger partial charge is 0.123 e. The molecule has 0 amide bonds. The highest BCUT2D eigenvalue weighted by molar-refractivity contribution is 5.85. The first-order chi connectivity index (χ1) is 6.90. The third-order valence-corrected chi connectivity index (χ3v) is 3.44. The average molecular weight is 233 g/mol. The van der Waals surface area contributed by atoms with Crippen molar-refractivity contribution in [3.05, 3.63) is 0 Å². The molecule has 0 spiro atoms. The van der Waals surface area contributed by atoms with Crippen LogP contribution in [0, 0.1) is 5.92 Å². The maximum atomic E-state index is 10.6. The van der Waals surface area contributed by atoms with Gasteiger partial charge in [0.2, 0.25) is 0 Å². The summed E-state index contributed by atoms with van der Waals surface area (Å²) in [6.07, 6.45) is 7.32. The van der Waals surface area contributed by atoms with Gasteiger partial charge in [-0.2, -0.15) is 0 Å². The molecular weight excluding hydrogens is 212 g/mol. The van der Waals surface area contributed by atoms with Crippen molar-refractivity contribution in [1.29, 1.82) is 0 Å². The summed E-state index contributed by atoms with van der Waals surface area (Å²) in [4.78, 5) is 10.6. The minimum atomic E-state index is 0. The van der Waals surface area contributed by atoms with Crippen molar-refractivity contribution in [2.45, 2.75) is 32.1 Å². The van der Waals surface area contributed by atoms with Crippen LogP contribution in [0.3, 0.4) is 0 Å². The number of hydrazine groups is 1. The summed E-state index contributed by atoms with van der Waals surface area (Å²) in [5, 5.41) is 4.95. The first-order valence-electron chi connectivity index (χ1n) is 5.85. The van der Waals surface area contributed by atoms with Gasteiger partial charge in [0.1, 0.15) is 6.29 Å². The molecule has 0 atom stereocenters. The fraction of sp³-hybridized carbons (Fsp3) is 0.909. The SMILES string of the molecule is Cl.O=CC1CCN(N2CCCCC2)CC1. The topological polar surface area (TPSA) is 23.6 Å². The molecule has 0 aliphatic carbocycles. The number of carbonyl (C=O) groups is 1. The summed E-state index contributed by atoms with van der Waals surface area (Å²) in [6, 6.07) is 0. The normalized spacial score (nSPS) is 25.9. The molecule has 0 unspecified atom stereocenters. The van der Waals surface area contributed by atoms with Gasteiger partial charge in [0.25, 0.3) is 0 Å². The monoisotopic (exact) mass is 232 g/mol. The van der Waals surface area contributed by atoms with Gasteiger partial charge in [-0.05, 0) is 25.7 Å². The number of aldehydes is 1. The molecule has 2 rings (SSSR count). The van der Waals surface area contributed by atoms with Crippen molar-refractivity contribution in [3.63, 3.8) is 0 Å². The van der Waals surface area contributed by atoms with E-state index in [1.165, 1.54) is 32.4 Å². The maximum Gasteiger partial charge on any atom is 0.123 e. The van der Waals surface area contributed by atoms with Gasteiger partial charge >= 0.3 is 0 Å². The number of nitrogens with zero attached hydrogens (tertiary/aromatic N) is 2. The van der Waals surface area contributed by atoms with Crippen molar-refractivity contribution in [2.75, 3.05) is 26.2 Å². The van der Waals surface area contributed by atoms with E-state index >= 15 is 0 Å². The molecule has 2 aliphatic rings. The second kappa shape index (κ2) is 6.46. The van der Waals surface area contributed by atoms with Gasteiger partial charge in [0, 0.05) is 32.1 Å². The number of hydrogen-bond donors (Lipinski definition) is 0. The van der Waals surface area contributed by atoms with E-state index in [9.17, 15) is 4.79 Å². The van der Waals surface area contributed by atoms with Gasteiger partial charge in [0.15, 0.2) is 0 Å². The predicted molar refractivity (Wildman–Crippen MR) is 63.0 cm³/mol. The zero-order valence-corrected chi connectivity index (χ0v) is 10.0. The van der Waals surface area contributed by atoms with Crippen LogP contribution >= 0.6 is 12.4 Å². The predicted octanol–water partition coefficient (Wildman–Crippen LogP) is 1.72. The van der Waals surface area contributed by atoms with E-state index in [0.717, 1.165) is 32.2 Å². The van der Waals surface area contributed by atoms with E-state index in [1.54, 1.807) is 0 Å². The van der Waals surface area contributed by atoms with E-state index in [2.05, 4.69) is 10.0 Å². The van der Waals surface area contributed by atoms with Crippen molar-refractivity contribution >= 4 is 18.7 Å². The Labute approximate surface area is 98.2 Å². The lowest BCUT2D eigenvalue weighted by Gasteiger charge is -2.40. The van der Waals surface area contributed by atoms with Gasteiger partial charge in [-0.15, -0.1) is 12.4 Å². The summed E-state index contributed by atoms with van der Waals surface area (Å²) >= 11 is 0. The molecule has 0 aromatic heterocycles. The molecule has 0 saturated carbocycles. The molecule has 4 heteroatoms. The Morgan fingerprint density at radius 3 is 1.93 bits per heavy atom. The third-order valence-electron chi connectivity index (χ3n) is 3.44. The lowest BCUT2D eigenvalue weighted by atomic mass is 9.99. The molecule has 0 aromatic rings. The van der Waals surface area contributed by atoms with Crippen LogP contribution in [-0.4, -0.2) is 42.5 Å². The fourth-order valence-corrected chi connectivity index (χ4v) is 2.46. The fourth-order valence-electron chi connectivity index (χ4n) is 2.46. The molecule has 2 saturated heterocycles. The van der Waals surface area contributed by atoms with E-state index in [1.807, 2.05) is 0 Å². The summed E-state index contributed by atoms with van der Waals surface area (Å²) in [5.74, 6) is 0.330. The van der Waals surface area contributed by atoms with Crippen LogP contribution < -0.4 is 0 Å². The van der Waals surface area contributed by atoms with Crippen LogP contribution in [-0.2, 0) is 4.79 Å². The minimum absolute atomic E-state index is 0. The van der Waals surface area contributed by atoms with Crippen molar-refractivity contribution < 1.29 is 4.79 Å². The molecule has 0 aromatic carbocycles. The molecule has 0 N–H and O–H groups in total. The summed E-state index contributed by atoms with van der Waals surface area (Å²) in [5.41, 5.74) is 0. The number of piperidine rings is 2. The largest absolute Gasteiger partial charge is 0.303 e. The summed E-state index contributed by atoms with van der Waals surface area (Å²) < 4.78 is 0. The number of halogens is 1. The molecule has 15 heavy (non-hydrogen) atoms. The average Bonchev–Trinajstić information content (AvgIpc) is 2.30. The van der Waals surface area contributed by atoms with Crippen LogP contribution in [0.15, 0.2) is 0 Å². The van der Waals surface area contributed by atoms with Crippen LogP contribution in [0.5, 0.6) is 0 Å².